The molecule has 1 aromatic heterocycles. The van der Waals surface area contributed by atoms with Crippen molar-refractivity contribution >= 4 is 34.1 Å². The third-order valence-corrected chi connectivity index (χ3v) is 3.50. The lowest BCUT2D eigenvalue weighted by molar-refractivity contribution is 0.0989. The molecule has 0 atom stereocenters. The summed E-state index contributed by atoms with van der Waals surface area (Å²) >= 11 is 5.96. The minimum Gasteiger partial charge on any atom is -0.351 e. The molecule has 4 heteroatoms. The molecule has 0 spiro atoms. The molecule has 0 saturated carbocycles. The van der Waals surface area contributed by atoms with E-state index < -0.39 is 0 Å². The number of benzene rings is 2. The molecule has 1 heterocycles. The lowest BCUT2D eigenvalue weighted by Gasteiger charge is -2.16. The van der Waals surface area contributed by atoms with Gasteiger partial charge in [0.25, 0.3) is 5.91 Å². The van der Waals surface area contributed by atoms with Crippen LogP contribution in [0, 0.1) is 0 Å². The summed E-state index contributed by atoms with van der Waals surface area (Å²) in [4.78, 5) is 17.2. The van der Waals surface area contributed by atoms with E-state index in [0.29, 0.717) is 10.7 Å². The summed E-state index contributed by atoms with van der Waals surface area (Å²) in [6, 6.07) is 16.9. The lowest BCUT2D eigenvalue weighted by Crippen LogP contribution is -2.26. The van der Waals surface area contributed by atoms with Crippen LogP contribution in [0.1, 0.15) is 10.5 Å². The van der Waals surface area contributed by atoms with Crippen molar-refractivity contribution in [3.05, 3.63) is 65.3 Å². The van der Waals surface area contributed by atoms with Crippen molar-refractivity contribution in [3.8, 4) is 0 Å². The van der Waals surface area contributed by atoms with Gasteiger partial charge in [-0.2, -0.15) is 0 Å². The summed E-state index contributed by atoms with van der Waals surface area (Å²) in [5, 5.41) is 1.63. The Morgan fingerprint density at radius 2 is 1.90 bits per heavy atom. The van der Waals surface area contributed by atoms with Crippen molar-refractivity contribution < 1.29 is 4.79 Å². The van der Waals surface area contributed by atoms with Crippen molar-refractivity contribution in [1.29, 1.82) is 0 Å². The predicted molar refractivity (Wildman–Crippen MR) is 82.5 cm³/mol. The van der Waals surface area contributed by atoms with Crippen LogP contribution in [-0.2, 0) is 0 Å². The molecular weight excluding hydrogens is 272 g/mol. The van der Waals surface area contributed by atoms with Gasteiger partial charge < -0.3 is 9.88 Å². The first-order valence-electron chi connectivity index (χ1n) is 6.26. The number of amides is 1. The van der Waals surface area contributed by atoms with Crippen LogP contribution in [0.4, 0.5) is 5.69 Å². The molecule has 3 nitrogen and oxygen atoms in total. The van der Waals surface area contributed by atoms with E-state index in [1.54, 1.807) is 24.1 Å². The number of anilines is 1. The standard InChI is InChI=1S/C16H13ClN2O/c1-19(13-7-4-6-12(17)10-13)16(20)15-9-11-5-2-3-8-14(11)18-15/h2-10,18H,1H3. The van der Waals surface area contributed by atoms with Gasteiger partial charge in [-0.3, -0.25) is 4.79 Å². The first kappa shape index (κ1) is 12.8. The number of carbonyl (C=O) groups is 1. The minimum absolute atomic E-state index is 0.0940. The van der Waals surface area contributed by atoms with Crippen LogP contribution in [0.15, 0.2) is 54.6 Å². The maximum Gasteiger partial charge on any atom is 0.274 e. The van der Waals surface area contributed by atoms with Gasteiger partial charge in [0.1, 0.15) is 5.69 Å². The largest absolute Gasteiger partial charge is 0.351 e. The maximum atomic E-state index is 12.5. The Morgan fingerprint density at radius 1 is 1.10 bits per heavy atom. The van der Waals surface area contributed by atoms with Gasteiger partial charge in [0.2, 0.25) is 0 Å². The highest BCUT2D eigenvalue weighted by Gasteiger charge is 2.15. The number of rotatable bonds is 2. The van der Waals surface area contributed by atoms with Crippen molar-refractivity contribution in [3.63, 3.8) is 0 Å². The van der Waals surface area contributed by atoms with E-state index in [0.717, 1.165) is 16.6 Å². The monoisotopic (exact) mass is 284 g/mol. The van der Waals surface area contributed by atoms with Crippen LogP contribution in [0.3, 0.4) is 0 Å². The highest BCUT2D eigenvalue weighted by atomic mass is 35.5. The summed E-state index contributed by atoms with van der Waals surface area (Å²) in [7, 11) is 1.74. The Hall–Kier alpha value is -2.26. The third-order valence-electron chi connectivity index (χ3n) is 3.26. The molecule has 0 aliphatic heterocycles. The molecule has 0 aliphatic carbocycles. The van der Waals surface area contributed by atoms with Gasteiger partial charge in [0.05, 0.1) is 0 Å². The number of nitrogens with zero attached hydrogens (tertiary/aromatic N) is 1. The first-order valence-corrected chi connectivity index (χ1v) is 6.64. The molecule has 0 fully saturated rings. The highest BCUT2D eigenvalue weighted by Crippen LogP contribution is 2.21. The Morgan fingerprint density at radius 3 is 2.65 bits per heavy atom. The molecule has 0 aliphatic rings. The fourth-order valence-corrected chi connectivity index (χ4v) is 2.36. The van der Waals surface area contributed by atoms with Gasteiger partial charge in [-0.25, -0.2) is 0 Å². The summed E-state index contributed by atoms with van der Waals surface area (Å²) in [6.45, 7) is 0. The van der Waals surface area contributed by atoms with E-state index in [2.05, 4.69) is 4.98 Å². The minimum atomic E-state index is -0.0940. The van der Waals surface area contributed by atoms with E-state index in [1.807, 2.05) is 42.5 Å². The van der Waals surface area contributed by atoms with Gasteiger partial charge in [-0.1, -0.05) is 35.9 Å². The maximum absolute atomic E-state index is 12.5. The fourth-order valence-electron chi connectivity index (χ4n) is 2.17. The summed E-state index contributed by atoms with van der Waals surface area (Å²) < 4.78 is 0. The number of fused-ring (bicyclic) bond motifs is 1. The van der Waals surface area contributed by atoms with Crippen LogP contribution >= 0.6 is 11.6 Å². The molecule has 2 aromatic carbocycles. The summed E-state index contributed by atoms with van der Waals surface area (Å²) in [6.07, 6.45) is 0. The van der Waals surface area contributed by atoms with Gasteiger partial charge >= 0.3 is 0 Å². The molecule has 0 bridgehead atoms. The van der Waals surface area contributed by atoms with E-state index in [1.165, 1.54) is 0 Å². The van der Waals surface area contributed by atoms with Gasteiger partial charge in [-0.05, 0) is 30.3 Å². The zero-order valence-electron chi connectivity index (χ0n) is 10.9. The summed E-state index contributed by atoms with van der Waals surface area (Å²) in [5.41, 5.74) is 2.28. The van der Waals surface area contributed by atoms with Gasteiger partial charge in [0, 0.05) is 28.7 Å². The number of hydrogen-bond donors (Lipinski definition) is 1. The van der Waals surface area contributed by atoms with Crippen LogP contribution in [0.5, 0.6) is 0 Å². The Labute approximate surface area is 121 Å². The first-order chi connectivity index (χ1) is 9.65. The Bertz CT molecular complexity index is 746. The SMILES string of the molecule is CN(C(=O)c1cc2ccccc2[nH]1)c1cccc(Cl)c1. The number of para-hydroxylation sites is 1. The Balaban J connectivity index is 1.95. The van der Waals surface area contributed by atoms with E-state index in [-0.39, 0.29) is 5.91 Å². The highest BCUT2D eigenvalue weighted by molar-refractivity contribution is 6.31. The normalized spacial score (nSPS) is 10.7. The number of H-pyrrole nitrogens is 1. The second kappa shape index (κ2) is 5.02. The molecule has 1 N–H and O–H groups in total. The zero-order chi connectivity index (χ0) is 14.1. The second-order valence-corrected chi connectivity index (χ2v) is 5.05. The number of halogens is 1. The van der Waals surface area contributed by atoms with E-state index >= 15 is 0 Å². The lowest BCUT2D eigenvalue weighted by atomic mass is 10.2. The smallest absolute Gasteiger partial charge is 0.274 e. The molecule has 0 unspecified atom stereocenters. The van der Waals surface area contributed by atoms with Crippen LogP contribution in [0.2, 0.25) is 5.02 Å². The fraction of sp³-hybridized carbons (Fsp3) is 0.0625. The van der Waals surface area contributed by atoms with E-state index in [4.69, 9.17) is 11.6 Å². The third kappa shape index (κ3) is 2.28. The van der Waals surface area contributed by atoms with E-state index in [9.17, 15) is 4.79 Å². The van der Waals surface area contributed by atoms with Crippen molar-refractivity contribution in [1.82, 2.24) is 4.98 Å². The van der Waals surface area contributed by atoms with Crippen LogP contribution in [0.25, 0.3) is 10.9 Å². The summed E-state index contributed by atoms with van der Waals surface area (Å²) in [5.74, 6) is -0.0940. The molecule has 0 radical (unpaired) electrons. The molecule has 3 rings (SSSR count). The Kier molecular flexibility index (Phi) is 3.20. The number of nitrogens with one attached hydrogen (secondary N) is 1. The molecule has 3 aromatic rings. The molecular formula is C16H13ClN2O. The quantitative estimate of drug-likeness (QED) is 0.756. The number of carbonyl (C=O) groups excluding carboxylic acids is 1. The molecule has 20 heavy (non-hydrogen) atoms. The van der Waals surface area contributed by atoms with Crippen molar-refractivity contribution in [2.75, 3.05) is 11.9 Å². The topological polar surface area (TPSA) is 36.1 Å². The van der Waals surface area contributed by atoms with Gasteiger partial charge in [-0.15, -0.1) is 0 Å². The molecule has 1 amide bonds. The zero-order valence-corrected chi connectivity index (χ0v) is 11.7. The second-order valence-electron chi connectivity index (χ2n) is 4.61. The predicted octanol–water partition coefficient (Wildman–Crippen LogP) is 4.10. The van der Waals surface area contributed by atoms with Crippen molar-refractivity contribution in [2.24, 2.45) is 0 Å². The molecule has 0 saturated heterocycles. The van der Waals surface area contributed by atoms with Crippen LogP contribution < -0.4 is 4.90 Å². The van der Waals surface area contributed by atoms with Crippen molar-refractivity contribution in [2.45, 2.75) is 0 Å². The number of aromatic amines is 1. The van der Waals surface area contributed by atoms with Crippen LogP contribution in [-0.4, -0.2) is 17.9 Å². The average molecular weight is 285 g/mol. The molecule has 100 valence electrons. The number of hydrogen-bond acceptors (Lipinski definition) is 1. The average Bonchev–Trinajstić information content (AvgIpc) is 2.89. The van der Waals surface area contributed by atoms with Gasteiger partial charge in [0.15, 0.2) is 0 Å². The number of aromatic nitrogens is 1.